The minimum atomic E-state index is -4.73. The molecule has 0 fully saturated rings. The fourth-order valence-electron chi connectivity index (χ4n) is 2.25. The maximum absolute atomic E-state index is 13.2. The first kappa shape index (κ1) is 16.3. The molecule has 2 rings (SSSR count). The quantitative estimate of drug-likeness (QED) is 0.791. The summed E-state index contributed by atoms with van der Waals surface area (Å²) in [6.45, 7) is 7.13. The number of hydrogen-bond acceptors (Lipinski definition) is 3. The Balaban J connectivity index is 2.83. The summed E-state index contributed by atoms with van der Waals surface area (Å²) < 4.78 is 45.6. The van der Waals surface area contributed by atoms with E-state index < -0.39 is 28.9 Å². The first-order valence-electron chi connectivity index (χ1n) is 6.83. The van der Waals surface area contributed by atoms with E-state index in [9.17, 15) is 18.0 Å². The van der Waals surface area contributed by atoms with Crippen molar-refractivity contribution in [2.24, 2.45) is 0 Å². The summed E-state index contributed by atoms with van der Waals surface area (Å²) >= 11 is 0. The lowest BCUT2D eigenvalue weighted by Gasteiger charge is -2.19. The zero-order valence-corrected chi connectivity index (χ0v) is 12.8. The minimum absolute atomic E-state index is 0.0116. The van der Waals surface area contributed by atoms with Gasteiger partial charge in [-0.2, -0.15) is 13.2 Å². The van der Waals surface area contributed by atoms with Crippen LogP contribution >= 0.6 is 0 Å². The van der Waals surface area contributed by atoms with Gasteiger partial charge in [0.15, 0.2) is 11.4 Å². The van der Waals surface area contributed by atoms with Crippen molar-refractivity contribution in [3.05, 3.63) is 35.3 Å². The summed E-state index contributed by atoms with van der Waals surface area (Å²) in [5.74, 6) is -1.03. The van der Waals surface area contributed by atoms with E-state index >= 15 is 0 Å². The van der Waals surface area contributed by atoms with Gasteiger partial charge in [-0.15, -0.1) is 0 Å². The Labute approximate surface area is 125 Å². The van der Waals surface area contributed by atoms with Crippen LogP contribution in [0.4, 0.5) is 13.2 Å². The second-order valence-electron chi connectivity index (χ2n) is 5.89. The first-order chi connectivity index (χ1) is 10.1. The van der Waals surface area contributed by atoms with Gasteiger partial charge in [-0.25, -0.2) is 9.78 Å². The van der Waals surface area contributed by atoms with Crippen molar-refractivity contribution in [3.8, 4) is 0 Å². The van der Waals surface area contributed by atoms with Crippen LogP contribution < -0.4 is 0 Å². The number of imidazole rings is 1. The van der Waals surface area contributed by atoms with Gasteiger partial charge in [0.25, 0.3) is 0 Å². The molecule has 0 saturated carbocycles. The predicted molar refractivity (Wildman–Crippen MR) is 74.9 cm³/mol. The Bertz CT molecular complexity index is 712. The third-order valence-electron chi connectivity index (χ3n) is 3.20. The third kappa shape index (κ3) is 2.80. The van der Waals surface area contributed by atoms with E-state index in [0.717, 1.165) is 4.40 Å². The summed E-state index contributed by atoms with van der Waals surface area (Å²) in [5, 5.41) is 0. The number of carbonyl (C=O) groups excluding carboxylic acids is 1. The van der Waals surface area contributed by atoms with E-state index in [4.69, 9.17) is 4.74 Å². The van der Waals surface area contributed by atoms with Gasteiger partial charge in [0.1, 0.15) is 5.65 Å². The van der Waals surface area contributed by atoms with Crippen LogP contribution in [0.5, 0.6) is 0 Å². The van der Waals surface area contributed by atoms with Crippen LogP contribution in [0.25, 0.3) is 5.65 Å². The summed E-state index contributed by atoms with van der Waals surface area (Å²) in [5.41, 5.74) is -1.48. The van der Waals surface area contributed by atoms with Crippen LogP contribution in [0.15, 0.2) is 18.3 Å². The largest absolute Gasteiger partial charge is 0.461 e. The number of aromatic nitrogens is 2. The Hall–Kier alpha value is -2.05. The molecule has 120 valence electrons. The number of hydrogen-bond donors (Lipinski definition) is 0. The number of alkyl halides is 3. The molecule has 0 saturated heterocycles. The van der Waals surface area contributed by atoms with Gasteiger partial charge in [-0.3, -0.25) is 4.40 Å². The van der Waals surface area contributed by atoms with E-state index in [1.165, 1.54) is 13.1 Å². The first-order valence-corrected chi connectivity index (χ1v) is 6.83. The molecule has 0 bridgehead atoms. The molecule has 22 heavy (non-hydrogen) atoms. The molecule has 0 atom stereocenters. The molecule has 0 N–H and O–H groups in total. The fraction of sp³-hybridized carbons (Fsp3) is 0.467. The highest BCUT2D eigenvalue weighted by atomic mass is 19.4. The molecule has 0 amide bonds. The van der Waals surface area contributed by atoms with Crippen LogP contribution in [-0.4, -0.2) is 22.0 Å². The highest BCUT2D eigenvalue weighted by molar-refractivity contribution is 5.90. The number of nitrogens with zero attached hydrogens (tertiary/aromatic N) is 2. The van der Waals surface area contributed by atoms with Crippen molar-refractivity contribution in [2.45, 2.75) is 39.3 Å². The van der Waals surface area contributed by atoms with Crippen LogP contribution in [0, 0.1) is 0 Å². The molecule has 7 heteroatoms. The van der Waals surface area contributed by atoms with Crippen LogP contribution in [0.2, 0.25) is 0 Å². The van der Waals surface area contributed by atoms with Crippen LogP contribution in [0.3, 0.4) is 0 Å². The smallest absolute Gasteiger partial charge is 0.435 e. The average Bonchev–Trinajstić information content (AvgIpc) is 2.76. The Kier molecular flexibility index (Phi) is 3.93. The van der Waals surface area contributed by atoms with E-state index in [2.05, 4.69) is 4.98 Å². The van der Waals surface area contributed by atoms with Gasteiger partial charge in [-0.1, -0.05) is 26.8 Å². The van der Waals surface area contributed by atoms with Crippen LogP contribution in [0.1, 0.15) is 49.4 Å². The molecular formula is C15H17F3N2O2. The van der Waals surface area contributed by atoms with Gasteiger partial charge in [0.05, 0.1) is 6.61 Å². The van der Waals surface area contributed by atoms with Gasteiger partial charge in [0, 0.05) is 11.8 Å². The second-order valence-corrected chi connectivity index (χ2v) is 5.89. The zero-order chi connectivity index (χ0) is 16.7. The highest BCUT2D eigenvalue weighted by Crippen LogP contribution is 2.35. The molecule has 2 heterocycles. The van der Waals surface area contributed by atoms with Crippen LogP contribution in [-0.2, 0) is 16.3 Å². The lowest BCUT2D eigenvalue weighted by Crippen LogP contribution is -2.16. The van der Waals surface area contributed by atoms with Gasteiger partial charge >= 0.3 is 12.1 Å². The number of fused-ring (bicyclic) bond motifs is 1. The Morgan fingerprint density at radius 1 is 1.32 bits per heavy atom. The Morgan fingerprint density at radius 3 is 2.45 bits per heavy atom. The van der Waals surface area contributed by atoms with E-state index in [1.807, 2.05) is 20.8 Å². The number of ether oxygens (including phenoxy) is 1. The zero-order valence-electron chi connectivity index (χ0n) is 12.8. The van der Waals surface area contributed by atoms with Crippen molar-refractivity contribution in [3.63, 3.8) is 0 Å². The van der Waals surface area contributed by atoms with E-state index in [-0.39, 0.29) is 12.3 Å². The number of rotatable bonds is 2. The molecule has 0 aliphatic heterocycles. The molecule has 0 unspecified atom stereocenters. The molecule has 0 aliphatic rings. The molecule has 0 radical (unpaired) electrons. The minimum Gasteiger partial charge on any atom is -0.461 e. The van der Waals surface area contributed by atoms with Crippen molar-refractivity contribution < 1.29 is 22.7 Å². The molecule has 0 spiro atoms. The van der Waals surface area contributed by atoms with Crippen molar-refractivity contribution in [1.29, 1.82) is 0 Å². The third-order valence-corrected chi connectivity index (χ3v) is 3.20. The fourth-order valence-corrected chi connectivity index (χ4v) is 2.25. The average molecular weight is 314 g/mol. The van der Waals surface area contributed by atoms with Crippen molar-refractivity contribution in [2.75, 3.05) is 6.61 Å². The summed E-state index contributed by atoms with van der Waals surface area (Å²) in [6, 6.07) is 3.30. The maximum atomic E-state index is 13.2. The number of carbonyl (C=O) groups is 1. The molecule has 2 aromatic rings. The molecule has 0 aromatic carbocycles. The molecular weight excluding hydrogens is 297 g/mol. The lowest BCUT2D eigenvalue weighted by atomic mass is 9.88. The van der Waals surface area contributed by atoms with Gasteiger partial charge in [0.2, 0.25) is 0 Å². The second kappa shape index (κ2) is 5.30. The highest BCUT2D eigenvalue weighted by Gasteiger charge is 2.41. The van der Waals surface area contributed by atoms with Gasteiger partial charge < -0.3 is 4.74 Å². The lowest BCUT2D eigenvalue weighted by molar-refractivity contribution is -0.141. The monoisotopic (exact) mass is 314 g/mol. The summed E-state index contributed by atoms with van der Waals surface area (Å²) in [6.07, 6.45) is -3.34. The predicted octanol–water partition coefficient (Wildman–Crippen LogP) is 3.83. The number of halogens is 3. The topological polar surface area (TPSA) is 43.6 Å². The van der Waals surface area contributed by atoms with E-state index in [0.29, 0.717) is 5.56 Å². The molecule has 2 aromatic heterocycles. The summed E-state index contributed by atoms with van der Waals surface area (Å²) in [7, 11) is 0. The van der Waals surface area contributed by atoms with Crippen molar-refractivity contribution in [1.82, 2.24) is 9.38 Å². The number of esters is 1. The Morgan fingerprint density at radius 2 is 1.95 bits per heavy atom. The van der Waals surface area contributed by atoms with Gasteiger partial charge in [-0.05, 0) is 18.4 Å². The van der Waals surface area contributed by atoms with E-state index in [1.54, 1.807) is 12.1 Å². The SMILES string of the molecule is CCOC(=O)c1c(C(F)(F)F)nc2c(C(C)(C)C)cccn12. The standard InChI is InChI=1S/C15H17F3N2O2/c1-5-22-13(21)10-11(15(16,17)18)19-12-9(14(2,3)4)7-6-8-20(10)12/h6-8H,5H2,1-4H3. The normalized spacial score (nSPS) is 12.7. The number of pyridine rings is 1. The van der Waals surface area contributed by atoms with Crippen molar-refractivity contribution >= 4 is 11.6 Å². The molecule has 4 nitrogen and oxygen atoms in total. The maximum Gasteiger partial charge on any atom is 0.435 e. The molecule has 0 aliphatic carbocycles. The summed E-state index contributed by atoms with van der Waals surface area (Å²) in [4.78, 5) is 15.7.